The summed E-state index contributed by atoms with van der Waals surface area (Å²) in [4.78, 5) is 15.9. The van der Waals surface area contributed by atoms with Crippen molar-refractivity contribution >= 4 is 22.4 Å². The summed E-state index contributed by atoms with van der Waals surface area (Å²) < 4.78 is 27.2. The summed E-state index contributed by atoms with van der Waals surface area (Å²) in [6.45, 7) is 0. The molecule has 0 radical (unpaired) electrons. The van der Waals surface area contributed by atoms with Crippen LogP contribution in [0.5, 0.6) is 0 Å². The second-order valence-electron chi connectivity index (χ2n) is 4.45. The molecule has 3 nitrogen and oxygen atoms in total. The van der Waals surface area contributed by atoms with Crippen molar-refractivity contribution in [3.05, 3.63) is 72.1 Å². The Morgan fingerprint density at radius 1 is 0.952 bits per heavy atom. The highest BCUT2D eigenvalue weighted by Crippen LogP contribution is 2.23. The smallest absolute Gasteiger partial charge is 0.256 e. The van der Waals surface area contributed by atoms with Crippen molar-refractivity contribution in [1.82, 2.24) is 4.98 Å². The Bertz CT molecular complexity index is 833. The fourth-order valence-corrected chi connectivity index (χ4v) is 2.13. The number of halogens is 2. The van der Waals surface area contributed by atoms with Gasteiger partial charge in [-0.2, -0.15) is 0 Å². The highest BCUT2D eigenvalue weighted by atomic mass is 19.1. The summed E-state index contributed by atoms with van der Waals surface area (Å²) in [5.74, 6) is -1.54. The molecule has 0 saturated heterocycles. The summed E-state index contributed by atoms with van der Waals surface area (Å²) in [7, 11) is 0. The minimum absolute atomic E-state index is 0.0309. The van der Waals surface area contributed by atoms with Gasteiger partial charge in [-0.1, -0.05) is 24.3 Å². The van der Waals surface area contributed by atoms with Gasteiger partial charge >= 0.3 is 0 Å². The van der Waals surface area contributed by atoms with Crippen LogP contribution in [0.1, 0.15) is 10.4 Å². The molecule has 21 heavy (non-hydrogen) atoms. The second-order valence-corrected chi connectivity index (χ2v) is 4.45. The van der Waals surface area contributed by atoms with Gasteiger partial charge in [-0.25, -0.2) is 8.78 Å². The molecule has 104 valence electrons. The van der Waals surface area contributed by atoms with Crippen LogP contribution in [0.2, 0.25) is 0 Å². The Morgan fingerprint density at radius 2 is 1.71 bits per heavy atom. The van der Waals surface area contributed by atoms with Gasteiger partial charge in [-0.3, -0.25) is 9.78 Å². The number of hydrogen-bond donors (Lipinski definition) is 1. The molecule has 0 aliphatic carbocycles. The number of benzene rings is 2. The van der Waals surface area contributed by atoms with Crippen LogP contribution < -0.4 is 5.32 Å². The third-order valence-electron chi connectivity index (χ3n) is 3.14. The number of rotatable bonds is 2. The Hall–Kier alpha value is -2.82. The minimum Gasteiger partial charge on any atom is -0.319 e. The van der Waals surface area contributed by atoms with E-state index in [9.17, 15) is 13.6 Å². The Morgan fingerprint density at radius 3 is 2.48 bits per heavy atom. The molecule has 0 bridgehead atoms. The molecule has 0 aliphatic rings. The second kappa shape index (κ2) is 5.28. The van der Waals surface area contributed by atoms with Crippen molar-refractivity contribution in [2.75, 3.05) is 5.32 Å². The van der Waals surface area contributed by atoms with Crippen molar-refractivity contribution in [2.24, 2.45) is 0 Å². The summed E-state index contributed by atoms with van der Waals surface area (Å²) in [6.07, 6.45) is 2.39. The van der Waals surface area contributed by atoms with E-state index in [0.29, 0.717) is 10.8 Å². The van der Waals surface area contributed by atoms with E-state index >= 15 is 0 Å². The van der Waals surface area contributed by atoms with Gasteiger partial charge < -0.3 is 5.32 Å². The molecule has 0 unspecified atom stereocenters. The molecule has 0 saturated carbocycles. The third kappa shape index (κ3) is 2.45. The van der Waals surface area contributed by atoms with E-state index in [1.807, 2.05) is 0 Å². The molecule has 5 heteroatoms. The van der Waals surface area contributed by atoms with E-state index in [2.05, 4.69) is 10.3 Å². The number of nitrogens with one attached hydrogen (secondary N) is 1. The Kier molecular flexibility index (Phi) is 3.31. The molecule has 1 aromatic heterocycles. The van der Waals surface area contributed by atoms with E-state index in [4.69, 9.17) is 0 Å². The molecule has 2 aromatic carbocycles. The van der Waals surface area contributed by atoms with Crippen molar-refractivity contribution in [1.29, 1.82) is 0 Å². The molecule has 0 aliphatic heterocycles. The van der Waals surface area contributed by atoms with Crippen LogP contribution >= 0.6 is 0 Å². The average molecular weight is 284 g/mol. The van der Waals surface area contributed by atoms with Gasteiger partial charge in [0.1, 0.15) is 5.82 Å². The molecule has 0 atom stereocenters. The maximum atomic E-state index is 13.7. The topological polar surface area (TPSA) is 42.0 Å². The van der Waals surface area contributed by atoms with Crippen LogP contribution in [0.4, 0.5) is 14.5 Å². The van der Waals surface area contributed by atoms with Gasteiger partial charge in [0.2, 0.25) is 0 Å². The van der Waals surface area contributed by atoms with Gasteiger partial charge in [0, 0.05) is 17.1 Å². The monoisotopic (exact) mass is 284 g/mol. The summed E-state index contributed by atoms with van der Waals surface area (Å²) >= 11 is 0. The van der Waals surface area contributed by atoms with Gasteiger partial charge in [0.25, 0.3) is 5.91 Å². The first-order valence-electron chi connectivity index (χ1n) is 6.25. The van der Waals surface area contributed by atoms with Crippen LogP contribution in [-0.4, -0.2) is 10.9 Å². The fraction of sp³-hybridized carbons (Fsp3) is 0. The summed E-state index contributed by atoms with van der Waals surface area (Å²) in [5, 5.41) is 3.29. The lowest BCUT2D eigenvalue weighted by atomic mass is 10.0. The van der Waals surface area contributed by atoms with Crippen LogP contribution in [0, 0.1) is 11.6 Å². The zero-order valence-corrected chi connectivity index (χ0v) is 10.8. The summed E-state index contributed by atoms with van der Waals surface area (Å²) in [5.41, 5.74) is 0.312. The van der Waals surface area contributed by atoms with E-state index < -0.39 is 17.5 Å². The molecule has 1 amide bonds. The normalized spacial score (nSPS) is 10.6. The van der Waals surface area contributed by atoms with E-state index in [-0.39, 0.29) is 11.3 Å². The average Bonchev–Trinajstić information content (AvgIpc) is 2.50. The first-order valence-corrected chi connectivity index (χ1v) is 6.25. The van der Waals surface area contributed by atoms with Crippen molar-refractivity contribution in [3.8, 4) is 0 Å². The number of fused-ring (bicyclic) bond motifs is 1. The van der Waals surface area contributed by atoms with Crippen molar-refractivity contribution in [2.45, 2.75) is 0 Å². The Balaban J connectivity index is 2.03. The van der Waals surface area contributed by atoms with Crippen molar-refractivity contribution in [3.63, 3.8) is 0 Å². The molecule has 1 heterocycles. The molecule has 1 N–H and O–H groups in total. The highest BCUT2D eigenvalue weighted by Gasteiger charge is 2.14. The zero-order chi connectivity index (χ0) is 14.8. The van der Waals surface area contributed by atoms with Gasteiger partial charge in [-0.15, -0.1) is 0 Å². The summed E-state index contributed by atoms with van der Waals surface area (Å²) in [6, 6.07) is 10.6. The predicted octanol–water partition coefficient (Wildman–Crippen LogP) is 3.77. The van der Waals surface area contributed by atoms with E-state index in [1.165, 1.54) is 24.4 Å². The Labute approximate surface area is 119 Å². The van der Waals surface area contributed by atoms with Gasteiger partial charge in [-0.05, 0) is 23.6 Å². The predicted molar refractivity (Wildman–Crippen MR) is 76.1 cm³/mol. The van der Waals surface area contributed by atoms with Gasteiger partial charge in [0.15, 0.2) is 5.82 Å². The lowest BCUT2D eigenvalue weighted by molar-refractivity contribution is 0.102. The quantitative estimate of drug-likeness (QED) is 0.778. The van der Waals surface area contributed by atoms with Crippen LogP contribution in [0.25, 0.3) is 10.8 Å². The number of pyridine rings is 1. The number of hydrogen-bond acceptors (Lipinski definition) is 2. The third-order valence-corrected chi connectivity index (χ3v) is 3.14. The molecule has 0 spiro atoms. The van der Waals surface area contributed by atoms with E-state index in [0.717, 1.165) is 6.20 Å². The molecule has 0 fully saturated rings. The molecular formula is C16H10F2N2O. The number of carbonyl (C=O) groups excluding carboxylic acids is 1. The first-order chi connectivity index (χ1) is 10.2. The van der Waals surface area contributed by atoms with Crippen LogP contribution in [-0.2, 0) is 0 Å². The maximum absolute atomic E-state index is 13.7. The van der Waals surface area contributed by atoms with E-state index in [1.54, 1.807) is 24.3 Å². The lowest BCUT2D eigenvalue weighted by Gasteiger charge is -2.09. The molecule has 3 aromatic rings. The standard InChI is InChI=1S/C16H10F2N2O/c17-13-6-5-12(10-3-1-2-4-11(10)13)16(21)20-15-7-8-19-9-14(15)18/h1-9H,(H,19,20,21). The highest BCUT2D eigenvalue weighted by molar-refractivity contribution is 6.13. The zero-order valence-electron chi connectivity index (χ0n) is 10.8. The minimum atomic E-state index is -0.628. The van der Waals surface area contributed by atoms with Crippen LogP contribution in [0.3, 0.4) is 0 Å². The molecule has 3 rings (SSSR count). The number of nitrogens with zero attached hydrogens (tertiary/aromatic N) is 1. The van der Waals surface area contributed by atoms with Gasteiger partial charge in [0.05, 0.1) is 11.9 Å². The molecular weight excluding hydrogens is 274 g/mol. The number of aromatic nitrogens is 1. The first kappa shape index (κ1) is 13.2. The maximum Gasteiger partial charge on any atom is 0.256 e. The van der Waals surface area contributed by atoms with Crippen molar-refractivity contribution < 1.29 is 13.6 Å². The fourth-order valence-electron chi connectivity index (χ4n) is 2.13. The van der Waals surface area contributed by atoms with Crippen LogP contribution in [0.15, 0.2) is 54.9 Å². The number of carbonyl (C=O) groups is 1. The number of amides is 1. The largest absolute Gasteiger partial charge is 0.319 e. The number of anilines is 1. The SMILES string of the molecule is O=C(Nc1ccncc1F)c1ccc(F)c2ccccc12. The lowest BCUT2D eigenvalue weighted by Crippen LogP contribution is -2.13.